The molecule has 0 aliphatic rings. The number of rotatable bonds is 6. The van der Waals surface area contributed by atoms with Gasteiger partial charge in [0.15, 0.2) is 0 Å². The standard InChI is InChI=1S/C12H18N2O4S/c1-4-5-9-6-7-11(10(8-9)12(15)16)13-19(17,18)14(2)3/h6-8,13H,4-5H2,1-3H3,(H,15,16). The fourth-order valence-electron chi connectivity index (χ4n) is 1.53. The molecular weight excluding hydrogens is 268 g/mol. The maximum absolute atomic E-state index is 11.7. The molecule has 1 aromatic rings. The molecule has 0 bridgehead atoms. The third kappa shape index (κ3) is 3.93. The van der Waals surface area contributed by atoms with Crippen LogP contribution in [0.15, 0.2) is 18.2 Å². The van der Waals surface area contributed by atoms with Gasteiger partial charge in [-0.15, -0.1) is 0 Å². The molecule has 0 aliphatic carbocycles. The van der Waals surface area contributed by atoms with Crippen LogP contribution in [0.5, 0.6) is 0 Å². The number of carboxylic acid groups (broad SMARTS) is 1. The molecule has 0 aliphatic heterocycles. The molecule has 0 fully saturated rings. The highest BCUT2D eigenvalue weighted by Crippen LogP contribution is 2.20. The van der Waals surface area contributed by atoms with Gasteiger partial charge in [-0.25, -0.2) is 4.79 Å². The Bertz CT molecular complexity index is 567. The maximum atomic E-state index is 11.7. The summed E-state index contributed by atoms with van der Waals surface area (Å²) in [5.74, 6) is -1.16. The Morgan fingerprint density at radius 3 is 2.47 bits per heavy atom. The van der Waals surface area contributed by atoms with Crippen LogP contribution in [-0.4, -0.2) is 37.9 Å². The van der Waals surface area contributed by atoms with Gasteiger partial charge in [-0.05, 0) is 24.1 Å². The van der Waals surface area contributed by atoms with Crippen LogP contribution < -0.4 is 4.72 Å². The van der Waals surface area contributed by atoms with E-state index in [1.54, 1.807) is 6.07 Å². The zero-order valence-corrected chi connectivity index (χ0v) is 12.0. The number of anilines is 1. The van der Waals surface area contributed by atoms with Crippen molar-refractivity contribution in [3.05, 3.63) is 29.3 Å². The van der Waals surface area contributed by atoms with E-state index in [9.17, 15) is 13.2 Å². The fourth-order valence-corrected chi connectivity index (χ4v) is 2.17. The minimum absolute atomic E-state index is 0.0450. The van der Waals surface area contributed by atoms with Crippen LogP contribution in [0.4, 0.5) is 5.69 Å². The lowest BCUT2D eigenvalue weighted by molar-refractivity contribution is 0.0698. The first-order valence-corrected chi connectivity index (χ1v) is 7.28. The van der Waals surface area contributed by atoms with Crippen molar-refractivity contribution in [2.24, 2.45) is 0 Å². The zero-order chi connectivity index (χ0) is 14.6. The average molecular weight is 286 g/mol. The Morgan fingerprint density at radius 1 is 1.37 bits per heavy atom. The molecule has 6 nitrogen and oxygen atoms in total. The summed E-state index contributed by atoms with van der Waals surface area (Å²) < 4.78 is 26.7. The van der Waals surface area contributed by atoms with Crippen molar-refractivity contribution in [2.75, 3.05) is 18.8 Å². The van der Waals surface area contributed by atoms with Crippen LogP contribution in [0, 0.1) is 0 Å². The molecule has 0 aromatic heterocycles. The largest absolute Gasteiger partial charge is 0.478 e. The summed E-state index contributed by atoms with van der Waals surface area (Å²) in [5, 5.41) is 9.15. The summed E-state index contributed by atoms with van der Waals surface area (Å²) in [5.41, 5.74) is 0.894. The average Bonchev–Trinajstić information content (AvgIpc) is 2.30. The lowest BCUT2D eigenvalue weighted by Gasteiger charge is -2.15. The molecule has 2 N–H and O–H groups in total. The second-order valence-electron chi connectivity index (χ2n) is 4.32. The first-order chi connectivity index (χ1) is 8.77. The molecule has 0 unspecified atom stereocenters. The van der Waals surface area contributed by atoms with E-state index in [-0.39, 0.29) is 11.3 Å². The molecule has 0 saturated carbocycles. The molecule has 106 valence electrons. The van der Waals surface area contributed by atoms with E-state index in [1.165, 1.54) is 26.2 Å². The fraction of sp³-hybridized carbons (Fsp3) is 0.417. The maximum Gasteiger partial charge on any atom is 0.337 e. The van der Waals surface area contributed by atoms with E-state index in [0.29, 0.717) is 0 Å². The minimum Gasteiger partial charge on any atom is -0.478 e. The van der Waals surface area contributed by atoms with Crippen LogP contribution in [0.2, 0.25) is 0 Å². The Morgan fingerprint density at radius 2 is 2.00 bits per heavy atom. The summed E-state index contributed by atoms with van der Waals surface area (Å²) >= 11 is 0. The van der Waals surface area contributed by atoms with E-state index in [0.717, 1.165) is 22.7 Å². The van der Waals surface area contributed by atoms with E-state index < -0.39 is 16.2 Å². The normalized spacial score (nSPS) is 11.6. The summed E-state index contributed by atoms with van der Waals surface area (Å²) in [4.78, 5) is 11.2. The van der Waals surface area contributed by atoms with Crippen molar-refractivity contribution in [2.45, 2.75) is 19.8 Å². The monoisotopic (exact) mass is 286 g/mol. The number of nitrogens with zero attached hydrogens (tertiary/aromatic N) is 1. The summed E-state index contributed by atoms with van der Waals surface area (Å²) in [6.07, 6.45) is 1.64. The number of hydrogen-bond acceptors (Lipinski definition) is 3. The van der Waals surface area contributed by atoms with Crippen molar-refractivity contribution in [1.29, 1.82) is 0 Å². The Balaban J connectivity index is 3.18. The van der Waals surface area contributed by atoms with Crippen LogP contribution in [0.1, 0.15) is 29.3 Å². The topological polar surface area (TPSA) is 86.7 Å². The molecule has 0 atom stereocenters. The molecule has 19 heavy (non-hydrogen) atoms. The molecule has 0 heterocycles. The second-order valence-corrected chi connectivity index (χ2v) is 6.21. The molecular formula is C12H18N2O4S. The van der Waals surface area contributed by atoms with E-state index >= 15 is 0 Å². The quantitative estimate of drug-likeness (QED) is 0.830. The van der Waals surface area contributed by atoms with Gasteiger partial charge in [-0.2, -0.15) is 12.7 Å². The highest BCUT2D eigenvalue weighted by molar-refractivity contribution is 7.90. The summed E-state index contributed by atoms with van der Waals surface area (Å²) in [6.45, 7) is 1.99. The van der Waals surface area contributed by atoms with E-state index in [2.05, 4.69) is 4.72 Å². The minimum atomic E-state index is -3.71. The first-order valence-electron chi connectivity index (χ1n) is 5.84. The van der Waals surface area contributed by atoms with Crippen LogP contribution in [-0.2, 0) is 16.6 Å². The summed E-state index contributed by atoms with van der Waals surface area (Å²) in [7, 11) is -0.974. The van der Waals surface area contributed by atoms with Gasteiger partial charge >= 0.3 is 16.2 Å². The van der Waals surface area contributed by atoms with Gasteiger partial charge in [0.25, 0.3) is 0 Å². The van der Waals surface area contributed by atoms with Gasteiger partial charge in [0.1, 0.15) is 0 Å². The Hall–Kier alpha value is -1.60. The molecule has 0 spiro atoms. The SMILES string of the molecule is CCCc1ccc(NS(=O)(=O)N(C)C)c(C(=O)O)c1. The molecule has 1 aromatic carbocycles. The van der Waals surface area contributed by atoms with Gasteiger partial charge in [0.05, 0.1) is 11.3 Å². The lowest BCUT2D eigenvalue weighted by Crippen LogP contribution is -2.29. The van der Waals surface area contributed by atoms with Crippen molar-refractivity contribution >= 4 is 21.9 Å². The van der Waals surface area contributed by atoms with Gasteiger partial charge in [-0.3, -0.25) is 4.72 Å². The third-order valence-corrected chi connectivity index (χ3v) is 4.01. The van der Waals surface area contributed by atoms with Crippen molar-refractivity contribution in [1.82, 2.24) is 4.31 Å². The molecule has 0 amide bonds. The van der Waals surface area contributed by atoms with Gasteiger partial charge in [0.2, 0.25) is 0 Å². The Labute approximate surface area is 113 Å². The predicted molar refractivity (Wildman–Crippen MR) is 73.6 cm³/mol. The molecule has 7 heteroatoms. The van der Waals surface area contributed by atoms with Gasteiger partial charge in [0, 0.05) is 14.1 Å². The third-order valence-electron chi connectivity index (χ3n) is 2.57. The van der Waals surface area contributed by atoms with E-state index in [4.69, 9.17) is 5.11 Å². The van der Waals surface area contributed by atoms with Gasteiger partial charge < -0.3 is 5.11 Å². The second kappa shape index (κ2) is 6.03. The zero-order valence-electron chi connectivity index (χ0n) is 11.2. The van der Waals surface area contributed by atoms with Crippen molar-refractivity contribution in [3.63, 3.8) is 0 Å². The number of aromatic carboxylic acids is 1. The van der Waals surface area contributed by atoms with Crippen LogP contribution in [0.25, 0.3) is 0 Å². The molecule has 1 rings (SSSR count). The van der Waals surface area contributed by atoms with Crippen LogP contribution in [0.3, 0.4) is 0 Å². The predicted octanol–water partition coefficient (Wildman–Crippen LogP) is 1.56. The highest BCUT2D eigenvalue weighted by atomic mass is 32.2. The van der Waals surface area contributed by atoms with Crippen LogP contribution >= 0.6 is 0 Å². The lowest BCUT2D eigenvalue weighted by atomic mass is 10.1. The number of benzene rings is 1. The number of aryl methyl sites for hydroxylation is 1. The van der Waals surface area contributed by atoms with Crippen molar-refractivity contribution < 1.29 is 18.3 Å². The highest BCUT2D eigenvalue weighted by Gasteiger charge is 2.18. The van der Waals surface area contributed by atoms with Gasteiger partial charge in [-0.1, -0.05) is 19.4 Å². The smallest absolute Gasteiger partial charge is 0.337 e. The number of carbonyl (C=O) groups is 1. The number of hydrogen-bond donors (Lipinski definition) is 2. The summed E-state index contributed by atoms with van der Waals surface area (Å²) in [6, 6.07) is 4.71. The van der Waals surface area contributed by atoms with Crippen molar-refractivity contribution in [3.8, 4) is 0 Å². The Kier molecular flexibility index (Phi) is 4.90. The molecule has 0 saturated heterocycles. The van der Waals surface area contributed by atoms with E-state index in [1.807, 2.05) is 6.92 Å². The molecule has 0 radical (unpaired) electrons. The number of nitrogens with one attached hydrogen (secondary N) is 1. The first kappa shape index (κ1) is 15.5. The number of carboxylic acids is 1.